The molecule has 0 amide bonds. The molecule has 0 fully saturated rings. The van der Waals surface area contributed by atoms with E-state index in [0.717, 1.165) is 28.1 Å². The van der Waals surface area contributed by atoms with Gasteiger partial charge in [-0.2, -0.15) is 0 Å². The zero-order valence-electron chi connectivity index (χ0n) is 12.0. The van der Waals surface area contributed by atoms with Crippen molar-refractivity contribution in [2.45, 2.75) is 32.9 Å². The standard InChI is InChI=1S/C15H22BrNO2/c1-11(16)10-19-13-7-6-12(8-14(13)18-5)9-17-15(2,3)4/h6-8,17H,1,9-10H2,2-5H3. The summed E-state index contributed by atoms with van der Waals surface area (Å²) in [5, 5.41) is 3.44. The number of benzene rings is 1. The molecule has 0 aliphatic heterocycles. The summed E-state index contributed by atoms with van der Waals surface area (Å²) in [6.07, 6.45) is 0. The van der Waals surface area contributed by atoms with Gasteiger partial charge in [-0.15, -0.1) is 0 Å². The summed E-state index contributed by atoms with van der Waals surface area (Å²) >= 11 is 3.27. The first-order chi connectivity index (χ1) is 8.81. The van der Waals surface area contributed by atoms with E-state index >= 15 is 0 Å². The summed E-state index contributed by atoms with van der Waals surface area (Å²) < 4.78 is 11.7. The van der Waals surface area contributed by atoms with Crippen molar-refractivity contribution in [2.75, 3.05) is 13.7 Å². The van der Waals surface area contributed by atoms with Crippen LogP contribution in [-0.4, -0.2) is 19.3 Å². The average molecular weight is 328 g/mol. The van der Waals surface area contributed by atoms with Crippen LogP contribution < -0.4 is 14.8 Å². The van der Waals surface area contributed by atoms with E-state index < -0.39 is 0 Å². The molecule has 0 radical (unpaired) electrons. The molecule has 0 aliphatic rings. The first-order valence-corrected chi connectivity index (χ1v) is 6.99. The van der Waals surface area contributed by atoms with E-state index in [-0.39, 0.29) is 5.54 Å². The number of ether oxygens (including phenoxy) is 2. The Morgan fingerprint density at radius 3 is 2.53 bits per heavy atom. The number of hydrogen-bond donors (Lipinski definition) is 1. The van der Waals surface area contributed by atoms with Crippen molar-refractivity contribution in [1.82, 2.24) is 5.32 Å². The monoisotopic (exact) mass is 327 g/mol. The summed E-state index contributed by atoms with van der Waals surface area (Å²) in [6, 6.07) is 5.95. The molecule has 0 saturated carbocycles. The lowest BCUT2D eigenvalue weighted by Crippen LogP contribution is -2.35. The van der Waals surface area contributed by atoms with Crippen LogP contribution in [0.15, 0.2) is 29.3 Å². The van der Waals surface area contributed by atoms with E-state index in [1.165, 1.54) is 0 Å². The van der Waals surface area contributed by atoms with Crippen LogP contribution in [0.2, 0.25) is 0 Å². The van der Waals surface area contributed by atoms with Gasteiger partial charge in [0.1, 0.15) is 6.61 Å². The number of rotatable bonds is 6. The molecule has 0 saturated heterocycles. The molecule has 0 unspecified atom stereocenters. The van der Waals surface area contributed by atoms with Gasteiger partial charge in [-0.3, -0.25) is 0 Å². The van der Waals surface area contributed by atoms with Gasteiger partial charge < -0.3 is 14.8 Å². The van der Waals surface area contributed by atoms with E-state index in [0.29, 0.717) is 6.61 Å². The Bertz CT molecular complexity index is 438. The van der Waals surface area contributed by atoms with Gasteiger partial charge in [0.2, 0.25) is 0 Å². The van der Waals surface area contributed by atoms with Gasteiger partial charge in [-0.05, 0) is 38.5 Å². The molecule has 106 valence electrons. The van der Waals surface area contributed by atoms with E-state index in [1.807, 2.05) is 18.2 Å². The minimum absolute atomic E-state index is 0.0934. The number of hydrogen-bond acceptors (Lipinski definition) is 3. The highest BCUT2D eigenvalue weighted by Crippen LogP contribution is 2.28. The van der Waals surface area contributed by atoms with Crippen LogP contribution in [0.1, 0.15) is 26.3 Å². The molecular weight excluding hydrogens is 306 g/mol. The summed E-state index contributed by atoms with van der Waals surface area (Å²) in [4.78, 5) is 0. The zero-order valence-corrected chi connectivity index (χ0v) is 13.6. The largest absolute Gasteiger partial charge is 0.493 e. The lowest BCUT2D eigenvalue weighted by atomic mass is 10.1. The van der Waals surface area contributed by atoms with E-state index in [1.54, 1.807) is 7.11 Å². The molecule has 0 aliphatic carbocycles. The molecule has 1 rings (SSSR count). The quantitative estimate of drug-likeness (QED) is 0.860. The lowest BCUT2D eigenvalue weighted by Gasteiger charge is -2.21. The Morgan fingerprint density at radius 2 is 2.00 bits per heavy atom. The molecule has 1 N–H and O–H groups in total. The van der Waals surface area contributed by atoms with Gasteiger partial charge >= 0.3 is 0 Å². The smallest absolute Gasteiger partial charge is 0.161 e. The van der Waals surface area contributed by atoms with E-state index in [9.17, 15) is 0 Å². The fourth-order valence-electron chi connectivity index (χ4n) is 1.46. The zero-order chi connectivity index (χ0) is 14.5. The lowest BCUT2D eigenvalue weighted by molar-refractivity contribution is 0.324. The van der Waals surface area contributed by atoms with E-state index in [4.69, 9.17) is 9.47 Å². The Hall–Kier alpha value is -1.00. The highest BCUT2D eigenvalue weighted by Gasteiger charge is 2.10. The first-order valence-electron chi connectivity index (χ1n) is 6.20. The van der Waals surface area contributed by atoms with Gasteiger partial charge in [0.25, 0.3) is 0 Å². The fraction of sp³-hybridized carbons (Fsp3) is 0.467. The number of halogens is 1. The third-order valence-corrected chi connectivity index (χ3v) is 2.66. The normalized spacial score (nSPS) is 11.2. The molecule has 4 heteroatoms. The molecular formula is C15H22BrNO2. The van der Waals surface area contributed by atoms with Crippen LogP contribution in [0.3, 0.4) is 0 Å². The number of nitrogens with one attached hydrogen (secondary N) is 1. The second kappa shape index (κ2) is 6.96. The molecule has 1 aromatic carbocycles. The van der Waals surface area contributed by atoms with Crippen molar-refractivity contribution >= 4 is 15.9 Å². The van der Waals surface area contributed by atoms with Gasteiger partial charge in [0.15, 0.2) is 11.5 Å². The van der Waals surface area contributed by atoms with Crippen molar-refractivity contribution in [3.63, 3.8) is 0 Å². The molecule has 19 heavy (non-hydrogen) atoms. The topological polar surface area (TPSA) is 30.5 Å². The Morgan fingerprint density at radius 1 is 1.32 bits per heavy atom. The predicted molar refractivity (Wildman–Crippen MR) is 83.1 cm³/mol. The fourth-order valence-corrected chi connectivity index (χ4v) is 1.58. The molecule has 1 aromatic rings. The molecule has 0 heterocycles. The Balaban J connectivity index is 2.75. The minimum Gasteiger partial charge on any atom is -0.493 e. The van der Waals surface area contributed by atoms with Crippen molar-refractivity contribution < 1.29 is 9.47 Å². The molecule has 0 bridgehead atoms. The second-order valence-electron chi connectivity index (χ2n) is 5.39. The van der Waals surface area contributed by atoms with Gasteiger partial charge in [-0.1, -0.05) is 28.6 Å². The van der Waals surface area contributed by atoms with Crippen LogP contribution in [0.5, 0.6) is 11.5 Å². The van der Waals surface area contributed by atoms with Crippen molar-refractivity contribution in [3.8, 4) is 11.5 Å². The van der Waals surface area contributed by atoms with Crippen LogP contribution in [-0.2, 0) is 6.54 Å². The third-order valence-electron chi connectivity index (χ3n) is 2.44. The highest BCUT2D eigenvalue weighted by molar-refractivity contribution is 9.11. The van der Waals surface area contributed by atoms with Crippen molar-refractivity contribution in [1.29, 1.82) is 0 Å². The first kappa shape index (κ1) is 16.1. The van der Waals surface area contributed by atoms with Gasteiger partial charge in [0.05, 0.1) is 7.11 Å². The van der Waals surface area contributed by atoms with Crippen molar-refractivity contribution in [3.05, 3.63) is 34.8 Å². The Labute approximate surface area is 124 Å². The summed E-state index contributed by atoms with van der Waals surface area (Å²) in [6.45, 7) is 11.4. The number of methoxy groups -OCH3 is 1. The van der Waals surface area contributed by atoms with E-state index in [2.05, 4.69) is 48.6 Å². The third kappa shape index (κ3) is 6.12. The Kier molecular flexibility index (Phi) is 5.88. The summed E-state index contributed by atoms with van der Waals surface area (Å²) in [5.74, 6) is 1.46. The molecule has 0 spiro atoms. The van der Waals surface area contributed by atoms with Crippen LogP contribution >= 0.6 is 15.9 Å². The maximum atomic E-state index is 5.60. The SMILES string of the molecule is C=C(Br)COc1ccc(CNC(C)(C)C)cc1OC. The van der Waals surface area contributed by atoms with Crippen LogP contribution in [0, 0.1) is 0 Å². The predicted octanol–water partition coefficient (Wildman–Crippen LogP) is 3.87. The molecule has 3 nitrogen and oxygen atoms in total. The van der Waals surface area contributed by atoms with Gasteiger partial charge in [0, 0.05) is 16.6 Å². The summed E-state index contributed by atoms with van der Waals surface area (Å²) in [7, 11) is 1.64. The molecule has 0 aromatic heterocycles. The van der Waals surface area contributed by atoms with Crippen molar-refractivity contribution in [2.24, 2.45) is 0 Å². The minimum atomic E-state index is 0.0934. The second-order valence-corrected chi connectivity index (χ2v) is 6.52. The highest BCUT2D eigenvalue weighted by atomic mass is 79.9. The van der Waals surface area contributed by atoms with Gasteiger partial charge in [-0.25, -0.2) is 0 Å². The average Bonchev–Trinajstić information content (AvgIpc) is 2.33. The maximum Gasteiger partial charge on any atom is 0.161 e. The maximum absolute atomic E-state index is 5.60. The van der Waals surface area contributed by atoms with Crippen LogP contribution in [0.25, 0.3) is 0 Å². The summed E-state index contributed by atoms with van der Waals surface area (Å²) in [5.41, 5.74) is 1.26. The van der Waals surface area contributed by atoms with Crippen LogP contribution in [0.4, 0.5) is 0 Å². The molecule has 0 atom stereocenters.